The van der Waals surface area contributed by atoms with E-state index in [1.165, 1.54) is 11.6 Å². The van der Waals surface area contributed by atoms with Gasteiger partial charge in [0.25, 0.3) is 0 Å². The molecule has 0 aliphatic carbocycles. The van der Waals surface area contributed by atoms with Crippen molar-refractivity contribution in [1.29, 1.82) is 0 Å². The standard InChI is InChI=1S/C12H19BrOSi/c1-4-5-9-14-15(2,3)12-8-6-7-11(13)10-12/h6-8,10H,4-5,9H2,1-3H3. The number of halogens is 1. The van der Waals surface area contributed by atoms with Crippen molar-refractivity contribution in [3.05, 3.63) is 28.7 Å². The van der Waals surface area contributed by atoms with Crippen LogP contribution in [0.1, 0.15) is 19.8 Å². The Labute approximate surface area is 102 Å². The van der Waals surface area contributed by atoms with E-state index in [9.17, 15) is 0 Å². The molecule has 0 saturated heterocycles. The van der Waals surface area contributed by atoms with Crippen molar-refractivity contribution < 1.29 is 4.43 Å². The molecule has 0 aliphatic heterocycles. The van der Waals surface area contributed by atoms with Crippen LogP contribution in [0.25, 0.3) is 0 Å². The van der Waals surface area contributed by atoms with Crippen LogP contribution < -0.4 is 5.19 Å². The highest BCUT2D eigenvalue weighted by molar-refractivity contribution is 9.10. The normalized spacial score (nSPS) is 11.7. The molecule has 0 atom stereocenters. The first kappa shape index (κ1) is 12.9. The maximum Gasteiger partial charge on any atom is 0.218 e. The minimum Gasteiger partial charge on any atom is -0.413 e. The van der Waals surface area contributed by atoms with Gasteiger partial charge in [0.15, 0.2) is 0 Å². The predicted octanol–water partition coefficient (Wildman–Crippen LogP) is 3.68. The number of benzene rings is 1. The Morgan fingerprint density at radius 1 is 1.33 bits per heavy atom. The van der Waals surface area contributed by atoms with E-state index in [1.54, 1.807) is 0 Å². The Morgan fingerprint density at radius 3 is 2.67 bits per heavy atom. The average Bonchev–Trinajstić information content (AvgIpc) is 2.18. The second kappa shape index (κ2) is 5.82. The van der Waals surface area contributed by atoms with Crippen LogP contribution in [0.3, 0.4) is 0 Å². The molecule has 0 N–H and O–H groups in total. The third-order valence-electron chi connectivity index (χ3n) is 2.48. The van der Waals surface area contributed by atoms with Gasteiger partial charge in [0, 0.05) is 11.1 Å². The fourth-order valence-electron chi connectivity index (χ4n) is 1.42. The van der Waals surface area contributed by atoms with Crippen LogP contribution in [0.2, 0.25) is 13.1 Å². The number of hydrogen-bond acceptors (Lipinski definition) is 1. The Hall–Kier alpha value is -0.123. The van der Waals surface area contributed by atoms with E-state index < -0.39 is 8.32 Å². The van der Waals surface area contributed by atoms with Crippen molar-refractivity contribution in [3.8, 4) is 0 Å². The number of rotatable bonds is 5. The van der Waals surface area contributed by atoms with Crippen LogP contribution in [-0.4, -0.2) is 14.9 Å². The second-order valence-corrected chi connectivity index (χ2v) is 9.02. The molecule has 1 aromatic rings. The molecule has 0 amide bonds. The first-order chi connectivity index (χ1) is 7.06. The summed E-state index contributed by atoms with van der Waals surface area (Å²) >= 11 is 3.50. The van der Waals surface area contributed by atoms with E-state index >= 15 is 0 Å². The Bertz CT molecular complexity index is 312. The van der Waals surface area contributed by atoms with Gasteiger partial charge >= 0.3 is 0 Å². The topological polar surface area (TPSA) is 9.23 Å². The Balaban J connectivity index is 2.67. The van der Waals surface area contributed by atoms with Crippen molar-refractivity contribution in [2.75, 3.05) is 6.61 Å². The van der Waals surface area contributed by atoms with E-state index in [4.69, 9.17) is 4.43 Å². The molecule has 0 radical (unpaired) electrons. The van der Waals surface area contributed by atoms with Gasteiger partial charge in [0.2, 0.25) is 8.32 Å². The quantitative estimate of drug-likeness (QED) is 0.593. The molecular weight excluding hydrogens is 268 g/mol. The van der Waals surface area contributed by atoms with Crippen LogP contribution >= 0.6 is 15.9 Å². The highest BCUT2D eigenvalue weighted by atomic mass is 79.9. The van der Waals surface area contributed by atoms with Gasteiger partial charge in [-0.25, -0.2) is 0 Å². The molecule has 1 nitrogen and oxygen atoms in total. The molecule has 0 spiro atoms. The maximum atomic E-state index is 6.03. The average molecular weight is 287 g/mol. The van der Waals surface area contributed by atoms with E-state index in [2.05, 4.69) is 60.2 Å². The molecule has 0 unspecified atom stereocenters. The predicted molar refractivity (Wildman–Crippen MR) is 72.1 cm³/mol. The van der Waals surface area contributed by atoms with E-state index in [1.807, 2.05) is 0 Å². The SMILES string of the molecule is CCCCO[Si](C)(C)c1cccc(Br)c1. The largest absolute Gasteiger partial charge is 0.413 e. The summed E-state index contributed by atoms with van der Waals surface area (Å²) < 4.78 is 7.17. The zero-order valence-corrected chi connectivity index (χ0v) is 12.3. The van der Waals surface area contributed by atoms with Gasteiger partial charge in [-0.2, -0.15) is 0 Å². The van der Waals surface area contributed by atoms with Crippen molar-refractivity contribution in [3.63, 3.8) is 0 Å². The van der Waals surface area contributed by atoms with Crippen LogP contribution in [0.5, 0.6) is 0 Å². The van der Waals surface area contributed by atoms with Crippen LogP contribution in [-0.2, 0) is 4.43 Å². The summed E-state index contributed by atoms with van der Waals surface area (Å²) in [6.07, 6.45) is 2.35. The van der Waals surface area contributed by atoms with Gasteiger partial charge < -0.3 is 4.43 Å². The highest BCUT2D eigenvalue weighted by Crippen LogP contribution is 2.11. The number of hydrogen-bond donors (Lipinski definition) is 0. The van der Waals surface area contributed by atoms with E-state index in [0.717, 1.165) is 17.5 Å². The fourth-order valence-corrected chi connectivity index (χ4v) is 3.85. The number of unbranched alkanes of at least 4 members (excludes halogenated alkanes) is 1. The molecule has 0 aliphatic rings. The van der Waals surface area contributed by atoms with Gasteiger partial charge in [0.05, 0.1) is 0 Å². The lowest BCUT2D eigenvalue weighted by Crippen LogP contribution is -2.44. The van der Waals surface area contributed by atoms with Gasteiger partial charge in [-0.1, -0.05) is 41.4 Å². The highest BCUT2D eigenvalue weighted by Gasteiger charge is 2.24. The molecule has 15 heavy (non-hydrogen) atoms. The molecular formula is C12H19BrOSi. The van der Waals surface area contributed by atoms with Crippen molar-refractivity contribution in [1.82, 2.24) is 0 Å². The maximum absolute atomic E-state index is 6.03. The van der Waals surface area contributed by atoms with Gasteiger partial charge in [-0.15, -0.1) is 0 Å². The monoisotopic (exact) mass is 286 g/mol. The summed E-state index contributed by atoms with van der Waals surface area (Å²) in [7, 11) is -1.68. The first-order valence-electron chi connectivity index (χ1n) is 5.46. The zero-order chi connectivity index (χ0) is 11.3. The lowest BCUT2D eigenvalue weighted by atomic mass is 10.4. The minimum atomic E-state index is -1.68. The summed E-state index contributed by atoms with van der Waals surface area (Å²) in [5.41, 5.74) is 0. The van der Waals surface area contributed by atoms with Gasteiger partial charge in [-0.3, -0.25) is 0 Å². The third-order valence-corrected chi connectivity index (χ3v) is 5.60. The molecule has 0 heterocycles. The first-order valence-corrected chi connectivity index (χ1v) is 9.16. The summed E-state index contributed by atoms with van der Waals surface area (Å²) in [5, 5.41) is 1.35. The third kappa shape index (κ3) is 4.09. The smallest absolute Gasteiger partial charge is 0.218 e. The molecule has 0 bridgehead atoms. The van der Waals surface area contributed by atoms with Crippen LogP contribution in [0, 0.1) is 0 Å². The lowest BCUT2D eigenvalue weighted by molar-refractivity contribution is 0.307. The molecule has 1 aromatic carbocycles. The minimum absolute atomic E-state index is 0.891. The van der Waals surface area contributed by atoms with Crippen LogP contribution in [0.15, 0.2) is 28.7 Å². The van der Waals surface area contributed by atoms with Crippen LogP contribution in [0.4, 0.5) is 0 Å². The molecule has 0 saturated carbocycles. The fraction of sp³-hybridized carbons (Fsp3) is 0.500. The molecule has 3 heteroatoms. The summed E-state index contributed by atoms with van der Waals surface area (Å²) in [4.78, 5) is 0. The molecule has 84 valence electrons. The van der Waals surface area contributed by atoms with E-state index in [0.29, 0.717) is 0 Å². The molecule has 0 aromatic heterocycles. The van der Waals surface area contributed by atoms with Gasteiger partial charge in [0.1, 0.15) is 0 Å². The molecule has 0 fully saturated rings. The van der Waals surface area contributed by atoms with Gasteiger partial charge in [-0.05, 0) is 36.8 Å². The zero-order valence-electron chi connectivity index (χ0n) is 9.72. The van der Waals surface area contributed by atoms with Crippen molar-refractivity contribution >= 4 is 29.4 Å². The van der Waals surface area contributed by atoms with Crippen molar-refractivity contribution in [2.24, 2.45) is 0 Å². The van der Waals surface area contributed by atoms with E-state index in [-0.39, 0.29) is 0 Å². The van der Waals surface area contributed by atoms with Crippen molar-refractivity contribution in [2.45, 2.75) is 32.9 Å². The summed E-state index contributed by atoms with van der Waals surface area (Å²) in [5.74, 6) is 0. The summed E-state index contributed by atoms with van der Waals surface area (Å²) in [6.45, 7) is 7.59. The molecule has 1 rings (SSSR count). The Kier molecular flexibility index (Phi) is 5.03. The lowest BCUT2D eigenvalue weighted by Gasteiger charge is -2.23. The Morgan fingerprint density at radius 2 is 2.07 bits per heavy atom. The summed E-state index contributed by atoms with van der Waals surface area (Å²) in [6, 6.07) is 8.48. The second-order valence-electron chi connectivity index (χ2n) is 4.22.